The number of imidazole rings is 1. The summed E-state index contributed by atoms with van der Waals surface area (Å²) in [7, 11) is 0. The Balaban J connectivity index is 1.52. The predicted octanol–water partition coefficient (Wildman–Crippen LogP) is 5.15. The molecule has 5 rings (SSSR count). The molecule has 0 saturated carbocycles. The average molecular weight is 432 g/mol. The minimum atomic E-state index is 0.236. The number of aryl methyl sites for hydroxylation is 1. The van der Waals surface area contributed by atoms with Gasteiger partial charge in [-0.05, 0) is 66.3 Å². The average Bonchev–Trinajstić information content (AvgIpc) is 3.21. The molecule has 0 spiro atoms. The second-order valence-electron chi connectivity index (χ2n) is 8.18. The first-order valence-corrected chi connectivity index (χ1v) is 11.2. The quantitative estimate of drug-likeness (QED) is 0.443. The number of aromatic amines is 1. The van der Waals surface area contributed by atoms with Crippen LogP contribution in [0.1, 0.15) is 47.1 Å². The minimum Gasteiger partial charge on any atom is -0.341 e. The number of halogens is 1. The van der Waals surface area contributed by atoms with Crippen molar-refractivity contribution >= 4 is 22.6 Å². The molecule has 2 aromatic heterocycles. The lowest BCUT2D eigenvalue weighted by Gasteiger charge is -2.35. The molecule has 158 valence electrons. The molecule has 5 nitrogen and oxygen atoms in total. The first-order chi connectivity index (χ1) is 15.2. The summed E-state index contributed by atoms with van der Waals surface area (Å²) in [5, 5.41) is 0.720. The normalized spacial score (nSPS) is 16.0. The maximum absolute atomic E-state index is 6.23. The number of benzene rings is 2. The van der Waals surface area contributed by atoms with Gasteiger partial charge in [-0.1, -0.05) is 35.9 Å². The zero-order valence-electron chi connectivity index (χ0n) is 17.4. The predicted molar refractivity (Wildman–Crippen MR) is 125 cm³/mol. The van der Waals surface area contributed by atoms with Crippen LogP contribution in [-0.2, 0) is 26.1 Å². The maximum Gasteiger partial charge on any atom is 0.121 e. The third kappa shape index (κ3) is 4.22. The van der Waals surface area contributed by atoms with Gasteiger partial charge in [0.25, 0.3) is 0 Å². The van der Waals surface area contributed by atoms with Gasteiger partial charge in [0.05, 0.1) is 29.3 Å². The number of nitrogens with one attached hydrogen (secondary N) is 1. The van der Waals surface area contributed by atoms with Gasteiger partial charge in [-0.3, -0.25) is 9.88 Å². The number of fused-ring (bicyclic) bond motifs is 2. The van der Waals surface area contributed by atoms with E-state index in [1.807, 2.05) is 42.6 Å². The van der Waals surface area contributed by atoms with Crippen LogP contribution in [0.3, 0.4) is 0 Å². The van der Waals surface area contributed by atoms with Crippen molar-refractivity contribution in [2.45, 2.75) is 44.9 Å². The lowest BCUT2D eigenvalue weighted by atomic mass is 9.90. The summed E-state index contributed by atoms with van der Waals surface area (Å²) in [6.45, 7) is 1.94. The van der Waals surface area contributed by atoms with Crippen molar-refractivity contribution in [3.63, 3.8) is 0 Å². The highest BCUT2D eigenvalue weighted by atomic mass is 35.5. The molecule has 1 unspecified atom stereocenters. The molecule has 0 amide bonds. The molecule has 2 heterocycles. The Kier molecular flexibility index (Phi) is 5.72. The van der Waals surface area contributed by atoms with E-state index < -0.39 is 0 Å². The van der Waals surface area contributed by atoms with E-state index in [9.17, 15) is 0 Å². The fourth-order valence-electron chi connectivity index (χ4n) is 4.65. The van der Waals surface area contributed by atoms with Crippen LogP contribution in [0.15, 0.2) is 60.8 Å². The Morgan fingerprint density at radius 1 is 1.06 bits per heavy atom. The number of nitrogens with zero attached hydrogens (tertiary/aromatic N) is 3. The van der Waals surface area contributed by atoms with Crippen LogP contribution in [0.4, 0.5) is 0 Å². The maximum atomic E-state index is 6.23. The van der Waals surface area contributed by atoms with Crippen LogP contribution in [0, 0.1) is 0 Å². The Bertz CT molecular complexity index is 1170. The monoisotopic (exact) mass is 431 g/mol. The molecule has 1 aliphatic rings. The Morgan fingerprint density at radius 3 is 2.84 bits per heavy atom. The molecule has 3 N–H and O–H groups in total. The fraction of sp³-hybridized carbons (Fsp3) is 0.280. The van der Waals surface area contributed by atoms with Crippen molar-refractivity contribution in [3.8, 4) is 0 Å². The van der Waals surface area contributed by atoms with Crippen LogP contribution < -0.4 is 5.73 Å². The topological polar surface area (TPSA) is 70.8 Å². The van der Waals surface area contributed by atoms with Gasteiger partial charge in [0.15, 0.2) is 0 Å². The van der Waals surface area contributed by atoms with Crippen LogP contribution >= 0.6 is 11.6 Å². The van der Waals surface area contributed by atoms with Crippen LogP contribution in [-0.4, -0.2) is 19.9 Å². The van der Waals surface area contributed by atoms with E-state index in [1.54, 1.807) is 0 Å². The summed E-state index contributed by atoms with van der Waals surface area (Å²) in [4.78, 5) is 15.6. The first-order valence-electron chi connectivity index (χ1n) is 10.8. The number of para-hydroxylation sites is 2. The van der Waals surface area contributed by atoms with Gasteiger partial charge in [0.1, 0.15) is 5.82 Å². The summed E-state index contributed by atoms with van der Waals surface area (Å²) >= 11 is 6.23. The minimum absolute atomic E-state index is 0.236. The van der Waals surface area contributed by atoms with Crippen molar-refractivity contribution in [2.24, 2.45) is 5.73 Å². The standard InChI is InChI=1S/C25H26ClN5/c26-20-11-10-18(19(13-20)14-27)15-31(16-24-29-21-7-1-2-8-22(21)30-24)23-9-3-5-17-6-4-12-28-25(17)23/h1-2,4,6-8,10-13,23H,3,5,9,14-16,27H2,(H,29,30). The number of hydrogen-bond acceptors (Lipinski definition) is 4. The Hall–Kier alpha value is -2.73. The smallest absolute Gasteiger partial charge is 0.121 e. The summed E-state index contributed by atoms with van der Waals surface area (Å²) < 4.78 is 0. The van der Waals surface area contributed by atoms with E-state index in [4.69, 9.17) is 27.3 Å². The van der Waals surface area contributed by atoms with Gasteiger partial charge >= 0.3 is 0 Å². The Labute approximate surface area is 187 Å². The molecule has 0 aliphatic heterocycles. The van der Waals surface area contributed by atoms with Gasteiger partial charge in [-0.2, -0.15) is 0 Å². The molecule has 0 radical (unpaired) electrons. The van der Waals surface area contributed by atoms with Crippen molar-refractivity contribution in [1.82, 2.24) is 19.9 Å². The summed E-state index contributed by atoms with van der Waals surface area (Å²) in [6.07, 6.45) is 5.23. The molecule has 31 heavy (non-hydrogen) atoms. The molecule has 0 saturated heterocycles. The van der Waals surface area contributed by atoms with Gasteiger partial charge in [-0.15, -0.1) is 0 Å². The summed E-state index contributed by atoms with van der Waals surface area (Å²) in [5.74, 6) is 0.965. The lowest BCUT2D eigenvalue weighted by molar-refractivity contribution is 0.153. The van der Waals surface area contributed by atoms with Gasteiger partial charge < -0.3 is 10.7 Å². The van der Waals surface area contributed by atoms with Crippen molar-refractivity contribution in [2.75, 3.05) is 0 Å². The zero-order chi connectivity index (χ0) is 21.2. The van der Waals surface area contributed by atoms with Crippen LogP contribution in [0.25, 0.3) is 11.0 Å². The zero-order valence-corrected chi connectivity index (χ0v) is 18.1. The van der Waals surface area contributed by atoms with Gasteiger partial charge in [0.2, 0.25) is 0 Å². The third-order valence-electron chi connectivity index (χ3n) is 6.16. The van der Waals surface area contributed by atoms with Crippen LogP contribution in [0.2, 0.25) is 5.02 Å². The summed E-state index contributed by atoms with van der Waals surface area (Å²) in [6, 6.07) is 18.7. The lowest BCUT2D eigenvalue weighted by Crippen LogP contribution is -2.32. The molecule has 1 aliphatic carbocycles. The number of rotatable bonds is 6. The van der Waals surface area contributed by atoms with Gasteiger partial charge in [-0.25, -0.2) is 4.98 Å². The number of hydrogen-bond donors (Lipinski definition) is 2. The molecule has 6 heteroatoms. The molecule has 1 atom stereocenters. The van der Waals surface area contributed by atoms with Crippen molar-refractivity contribution in [3.05, 3.63) is 94.0 Å². The molecular weight excluding hydrogens is 406 g/mol. The van der Waals surface area contributed by atoms with E-state index in [2.05, 4.69) is 28.1 Å². The van der Waals surface area contributed by atoms with Crippen molar-refractivity contribution < 1.29 is 0 Å². The number of pyridine rings is 1. The molecule has 0 fully saturated rings. The summed E-state index contributed by atoms with van der Waals surface area (Å²) in [5.41, 5.74) is 12.9. The van der Waals surface area contributed by atoms with E-state index in [1.165, 1.54) is 16.8 Å². The van der Waals surface area contributed by atoms with E-state index in [0.717, 1.165) is 53.3 Å². The number of aromatic nitrogens is 3. The number of H-pyrrole nitrogens is 1. The molecular formula is C25H26ClN5. The van der Waals surface area contributed by atoms with E-state index in [-0.39, 0.29) is 6.04 Å². The van der Waals surface area contributed by atoms with Crippen molar-refractivity contribution in [1.29, 1.82) is 0 Å². The highest BCUT2D eigenvalue weighted by Crippen LogP contribution is 2.35. The van der Waals surface area contributed by atoms with Crippen LogP contribution in [0.5, 0.6) is 0 Å². The first kappa shape index (κ1) is 20.2. The highest BCUT2D eigenvalue weighted by Gasteiger charge is 2.28. The third-order valence-corrected chi connectivity index (χ3v) is 6.39. The largest absolute Gasteiger partial charge is 0.341 e. The SMILES string of the molecule is NCc1cc(Cl)ccc1CN(Cc1nc2ccccc2[nH]1)C1CCCc2cccnc21. The second kappa shape index (κ2) is 8.79. The fourth-order valence-corrected chi connectivity index (χ4v) is 4.84. The highest BCUT2D eigenvalue weighted by molar-refractivity contribution is 6.30. The molecule has 0 bridgehead atoms. The Morgan fingerprint density at radius 2 is 1.97 bits per heavy atom. The van der Waals surface area contributed by atoms with E-state index >= 15 is 0 Å². The van der Waals surface area contributed by atoms with Gasteiger partial charge in [0, 0.05) is 24.3 Å². The molecule has 2 aromatic carbocycles. The molecule has 4 aromatic rings. The van der Waals surface area contributed by atoms with E-state index in [0.29, 0.717) is 13.1 Å². The number of nitrogens with two attached hydrogens (primary N) is 1. The second-order valence-corrected chi connectivity index (χ2v) is 8.62.